The number of ether oxygens (including phenoxy) is 1. The first-order valence-corrected chi connectivity index (χ1v) is 6.05. The predicted octanol–water partition coefficient (Wildman–Crippen LogP) is 3.79. The van der Waals surface area contributed by atoms with Crippen molar-refractivity contribution in [2.75, 3.05) is 7.11 Å². The molecule has 90 valence electrons. The highest BCUT2D eigenvalue weighted by atomic mass is 79.9. The third-order valence-electron chi connectivity index (χ3n) is 2.35. The number of benzene rings is 1. The van der Waals surface area contributed by atoms with Crippen molar-refractivity contribution in [1.29, 1.82) is 0 Å². The summed E-state index contributed by atoms with van der Waals surface area (Å²) in [6.45, 7) is 0. The van der Waals surface area contributed by atoms with E-state index in [1.165, 1.54) is 13.4 Å². The summed E-state index contributed by atoms with van der Waals surface area (Å²) in [6, 6.07) is 6.76. The van der Waals surface area contributed by atoms with Gasteiger partial charge in [-0.1, -0.05) is 11.6 Å². The molecule has 1 N–H and O–H groups in total. The topological polar surface area (TPSA) is 42.6 Å². The van der Waals surface area contributed by atoms with Crippen molar-refractivity contribution in [3.63, 3.8) is 0 Å². The van der Waals surface area contributed by atoms with Gasteiger partial charge in [-0.05, 0) is 40.2 Å². The fraction of sp³-hybridized carbons (Fsp3) is 0.167. The maximum atomic E-state index is 10.2. The fourth-order valence-corrected chi connectivity index (χ4v) is 2.59. The van der Waals surface area contributed by atoms with Crippen LogP contribution in [0.15, 0.2) is 39.4 Å². The Morgan fingerprint density at radius 1 is 1.47 bits per heavy atom. The van der Waals surface area contributed by atoms with Crippen LogP contribution in [0, 0.1) is 0 Å². The smallest absolute Gasteiger partial charge is 0.140 e. The van der Waals surface area contributed by atoms with Gasteiger partial charge in [0.05, 0.1) is 17.8 Å². The molecule has 0 saturated heterocycles. The Morgan fingerprint density at radius 2 is 2.24 bits per heavy atom. The van der Waals surface area contributed by atoms with Crippen LogP contribution in [0.4, 0.5) is 0 Å². The number of aliphatic hydroxyl groups is 1. The lowest BCUT2D eigenvalue weighted by Crippen LogP contribution is -2.02. The number of hydrogen-bond donors (Lipinski definition) is 1. The molecule has 2 rings (SSSR count). The molecule has 3 nitrogen and oxygen atoms in total. The molecule has 5 heteroatoms. The van der Waals surface area contributed by atoms with Crippen LogP contribution in [0.25, 0.3) is 0 Å². The Hall–Kier alpha value is -0.970. The Morgan fingerprint density at radius 3 is 2.82 bits per heavy atom. The highest BCUT2D eigenvalue weighted by molar-refractivity contribution is 9.10. The van der Waals surface area contributed by atoms with Crippen molar-refractivity contribution in [2.45, 2.75) is 6.10 Å². The zero-order valence-electron chi connectivity index (χ0n) is 8.98. The van der Waals surface area contributed by atoms with E-state index < -0.39 is 6.10 Å². The second kappa shape index (κ2) is 5.12. The molecule has 1 aromatic heterocycles. The Bertz CT molecular complexity index is 511. The Balaban J connectivity index is 2.50. The van der Waals surface area contributed by atoms with Gasteiger partial charge in [0.2, 0.25) is 0 Å². The highest BCUT2D eigenvalue weighted by Crippen LogP contribution is 2.38. The molecule has 1 unspecified atom stereocenters. The minimum Gasteiger partial charge on any atom is -0.495 e. The van der Waals surface area contributed by atoms with E-state index in [-0.39, 0.29) is 0 Å². The lowest BCUT2D eigenvalue weighted by molar-refractivity contribution is 0.185. The Labute approximate surface area is 112 Å². The normalized spacial score (nSPS) is 12.5. The summed E-state index contributed by atoms with van der Waals surface area (Å²) in [5.74, 6) is 0.982. The van der Waals surface area contributed by atoms with E-state index in [4.69, 9.17) is 20.8 Å². The monoisotopic (exact) mass is 316 g/mol. The minimum atomic E-state index is -0.907. The van der Waals surface area contributed by atoms with Gasteiger partial charge in [0, 0.05) is 10.6 Å². The lowest BCUT2D eigenvalue weighted by Gasteiger charge is -2.14. The van der Waals surface area contributed by atoms with Gasteiger partial charge in [0.1, 0.15) is 17.6 Å². The van der Waals surface area contributed by atoms with Crippen LogP contribution in [-0.4, -0.2) is 12.2 Å². The van der Waals surface area contributed by atoms with Crippen LogP contribution in [-0.2, 0) is 0 Å². The summed E-state index contributed by atoms with van der Waals surface area (Å²) < 4.78 is 11.1. The standard InChI is InChI=1S/C12H10BrClO3/c1-16-12-8(5-7(14)6-9(12)13)11(15)10-3-2-4-17-10/h2-6,11,15H,1H3. The number of aliphatic hydroxyl groups excluding tert-OH is 1. The van der Waals surface area contributed by atoms with Crippen molar-refractivity contribution in [3.05, 3.63) is 51.3 Å². The summed E-state index contributed by atoms with van der Waals surface area (Å²) in [4.78, 5) is 0. The molecule has 0 aliphatic carbocycles. The van der Waals surface area contributed by atoms with E-state index in [0.717, 1.165) is 0 Å². The van der Waals surface area contributed by atoms with Crippen molar-refractivity contribution in [3.8, 4) is 5.75 Å². The first kappa shape index (κ1) is 12.5. The molecule has 17 heavy (non-hydrogen) atoms. The van der Waals surface area contributed by atoms with Gasteiger partial charge < -0.3 is 14.3 Å². The second-order valence-corrected chi connectivity index (χ2v) is 4.72. The number of hydrogen-bond acceptors (Lipinski definition) is 3. The number of methoxy groups -OCH3 is 1. The molecule has 0 fully saturated rings. The molecule has 0 spiro atoms. The van der Waals surface area contributed by atoms with Crippen LogP contribution >= 0.6 is 27.5 Å². The van der Waals surface area contributed by atoms with Gasteiger partial charge in [0.15, 0.2) is 0 Å². The van der Waals surface area contributed by atoms with Crippen molar-refractivity contribution in [2.24, 2.45) is 0 Å². The van der Waals surface area contributed by atoms with Crippen LogP contribution in [0.3, 0.4) is 0 Å². The Kier molecular flexibility index (Phi) is 3.76. The molecule has 1 atom stereocenters. The van der Waals surface area contributed by atoms with Gasteiger partial charge >= 0.3 is 0 Å². The van der Waals surface area contributed by atoms with E-state index in [1.807, 2.05) is 0 Å². The molecule has 1 heterocycles. The number of halogens is 2. The van der Waals surface area contributed by atoms with Crippen LogP contribution in [0.2, 0.25) is 5.02 Å². The van der Waals surface area contributed by atoms with E-state index in [2.05, 4.69) is 15.9 Å². The van der Waals surface area contributed by atoms with Gasteiger partial charge in [-0.25, -0.2) is 0 Å². The van der Waals surface area contributed by atoms with Gasteiger partial charge in [-0.2, -0.15) is 0 Å². The first-order chi connectivity index (χ1) is 8.13. The lowest BCUT2D eigenvalue weighted by atomic mass is 10.1. The van der Waals surface area contributed by atoms with Crippen molar-refractivity contribution < 1.29 is 14.3 Å². The van der Waals surface area contributed by atoms with Crippen molar-refractivity contribution >= 4 is 27.5 Å². The first-order valence-electron chi connectivity index (χ1n) is 4.88. The molecule has 0 bridgehead atoms. The van der Waals surface area contributed by atoms with Gasteiger partial charge in [-0.3, -0.25) is 0 Å². The quantitative estimate of drug-likeness (QED) is 0.936. The zero-order valence-corrected chi connectivity index (χ0v) is 11.3. The number of furan rings is 1. The predicted molar refractivity (Wildman–Crippen MR) is 68.5 cm³/mol. The molecule has 0 aliphatic rings. The molecule has 0 aliphatic heterocycles. The van der Waals surface area contributed by atoms with Crippen LogP contribution in [0.1, 0.15) is 17.4 Å². The minimum absolute atomic E-state index is 0.442. The van der Waals surface area contributed by atoms with Crippen molar-refractivity contribution in [1.82, 2.24) is 0 Å². The maximum Gasteiger partial charge on any atom is 0.140 e. The molecular formula is C12H10BrClO3. The van der Waals surface area contributed by atoms with E-state index in [1.54, 1.807) is 24.3 Å². The molecule has 0 amide bonds. The van der Waals surface area contributed by atoms with E-state index in [9.17, 15) is 5.11 Å². The molecule has 0 saturated carbocycles. The zero-order chi connectivity index (χ0) is 12.4. The largest absolute Gasteiger partial charge is 0.495 e. The van der Waals surface area contributed by atoms with E-state index in [0.29, 0.717) is 26.6 Å². The summed E-state index contributed by atoms with van der Waals surface area (Å²) in [6.07, 6.45) is 0.597. The number of rotatable bonds is 3. The molecular weight excluding hydrogens is 307 g/mol. The van der Waals surface area contributed by atoms with Gasteiger partial charge in [0.25, 0.3) is 0 Å². The molecule has 1 aromatic carbocycles. The highest BCUT2D eigenvalue weighted by Gasteiger charge is 2.20. The molecule has 2 aromatic rings. The van der Waals surface area contributed by atoms with E-state index >= 15 is 0 Å². The molecule has 0 radical (unpaired) electrons. The third kappa shape index (κ3) is 2.49. The average Bonchev–Trinajstić information content (AvgIpc) is 2.80. The average molecular weight is 318 g/mol. The summed E-state index contributed by atoms with van der Waals surface area (Å²) >= 11 is 9.30. The second-order valence-electron chi connectivity index (χ2n) is 3.43. The summed E-state index contributed by atoms with van der Waals surface area (Å²) in [7, 11) is 1.53. The summed E-state index contributed by atoms with van der Waals surface area (Å²) in [5, 5.41) is 10.7. The van der Waals surface area contributed by atoms with Gasteiger partial charge in [-0.15, -0.1) is 0 Å². The SMILES string of the molecule is COc1c(Br)cc(Cl)cc1C(O)c1ccco1. The third-order valence-corrected chi connectivity index (χ3v) is 3.16. The summed E-state index contributed by atoms with van der Waals surface area (Å²) in [5.41, 5.74) is 0.557. The van der Waals surface area contributed by atoms with Crippen LogP contribution < -0.4 is 4.74 Å². The fourth-order valence-electron chi connectivity index (χ4n) is 1.60. The maximum absolute atomic E-state index is 10.2. The van der Waals surface area contributed by atoms with Crippen LogP contribution in [0.5, 0.6) is 5.75 Å².